The fourth-order valence-corrected chi connectivity index (χ4v) is 2.78. The lowest BCUT2D eigenvalue weighted by Gasteiger charge is -2.25. The molecule has 0 aliphatic carbocycles. The molecule has 0 fully saturated rings. The molecule has 0 aromatic heterocycles. The van der Waals surface area contributed by atoms with E-state index in [0.29, 0.717) is 0 Å². The molecule has 0 saturated heterocycles. The summed E-state index contributed by atoms with van der Waals surface area (Å²) in [6.45, 7) is 3.18. The van der Waals surface area contributed by atoms with E-state index in [0.717, 1.165) is 31.8 Å². The zero-order valence-electron chi connectivity index (χ0n) is 14.0. The fraction of sp³-hybridized carbons (Fsp3) is 0.238. The van der Waals surface area contributed by atoms with Crippen molar-refractivity contribution in [1.82, 2.24) is 4.90 Å². The number of hydrogen-bond donors (Lipinski definition) is 0. The third-order valence-electron chi connectivity index (χ3n) is 4.18. The van der Waals surface area contributed by atoms with Crippen LogP contribution in [0.4, 0.5) is 0 Å². The number of methoxy groups -OCH3 is 1. The summed E-state index contributed by atoms with van der Waals surface area (Å²) in [5, 5.41) is 0. The third-order valence-corrected chi connectivity index (χ3v) is 4.18. The maximum Gasteiger partial charge on any atom is 0.118 e. The van der Waals surface area contributed by atoms with E-state index in [4.69, 9.17) is 4.74 Å². The van der Waals surface area contributed by atoms with Crippen molar-refractivity contribution in [2.24, 2.45) is 0 Å². The van der Waals surface area contributed by atoms with Crippen molar-refractivity contribution >= 4 is 18.5 Å². The van der Waals surface area contributed by atoms with Crippen LogP contribution in [0.2, 0.25) is 0 Å². The Bertz CT molecular complexity index is 677. The van der Waals surface area contributed by atoms with Gasteiger partial charge < -0.3 is 4.74 Å². The molecule has 0 spiro atoms. The van der Waals surface area contributed by atoms with Crippen molar-refractivity contribution in [3.05, 3.63) is 83.4 Å². The average molecular weight is 342 g/mol. The maximum absolute atomic E-state index is 5.18. The van der Waals surface area contributed by atoms with Gasteiger partial charge >= 0.3 is 0 Å². The molecule has 2 nitrogen and oxygen atoms in total. The van der Waals surface area contributed by atoms with Crippen molar-refractivity contribution in [2.75, 3.05) is 20.2 Å². The lowest BCUT2D eigenvalue weighted by molar-refractivity contribution is 0.287. The molecule has 3 rings (SSSR count). The normalized spacial score (nSPS) is 15.0. The van der Waals surface area contributed by atoms with Crippen LogP contribution in [0.25, 0.3) is 6.08 Å². The van der Waals surface area contributed by atoms with E-state index in [1.807, 2.05) is 12.1 Å². The van der Waals surface area contributed by atoms with Crippen molar-refractivity contribution in [3.8, 4) is 5.75 Å². The zero-order valence-corrected chi connectivity index (χ0v) is 14.8. The largest absolute Gasteiger partial charge is 0.497 e. The molecule has 2 aromatic rings. The number of allylic oxidation sites excluding steroid dienone is 1. The smallest absolute Gasteiger partial charge is 0.118 e. The first-order chi connectivity index (χ1) is 11.3. The summed E-state index contributed by atoms with van der Waals surface area (Å²) in [5.41, 5.74) is 4.02. The van der Waals surface area contributed by atoms with Crippen molar-refractivity contribution in [1.29, 1.82) is 0 Å². The van der Waals surface area contributed by atoms with Crippen LogP contribution < -0.4 is 4.74 Å². The topological polar surface area (TPSA) is 12.5 Å². The van der Waals surface area contributed by atoms with Crippen LogP contribution in [0.15, 0.2) is 72.3 Å². The van der Waals surface area contributed by atoms with Gasteiger partial charge in [-0.2, -0.15) is 0 Å². The number of nitrogens with zero attached hydrogens (tertiary/aromatic N) is 1. The first-order valence-electron chi connectivity index (χ1n) is 8.11. The van der Waals surface area contributed by atoms with Gasteiger partial charge in [0.25, 0.3) is 0 Å². The molecule has 1 heterocycles. The Morgan fingerprint density at radius 1 is 1.00 bits per heavy atom. The number of ether oxygens (including phenoxy) is 1. The Balaban J connectivity index is 0.00000208. The Kier molecular flexibility index (Phi) is 7.10. The molecule has 0 N–H and O–H groups in total. The van der Waals surface area contributed by atoms with Crippen LogP contribution in [-0.2, 0) is 6.54 Å². The van der Waals surface area contributed by atoms with E-state index >= 15 is 0 Å². The first kappa shape index (κ1) is 18.3. The summed E-state index contributed by atoms with van der Waals surface area (Å²) in [7, 11) is 1.69. The Morgan fingerprint density at radius 2 is 1.75 bits per heavy atom. The molecule has 0 saturated carbocycles. The summed E-state index contributed by atoms with van der Waals surface area (Å²) in [5.74, 6) is 0.899. The van der Waals surface area contributed by atoms with Gasteiger partial charge in [0.05, 0.1) is 7.11 Å². The summed E-state index contributed by atoms with van der Waals surface area (Å²) >= 11 is 0. The SMILES string of the molecule is COc1ccc(/C=C/C2=CCN(Cc3ccccc3)CC2)cc1.Cl. The van der Waals surface area contributed by atoms with Gasteiger partial charge in [-0.3, -0.25) is 4.90 Å². The first-order valence-corrected chi connectivity index (χ1v) is 8.11. The second-order valence-corrected chi connectivity index (χ2v) is 5.86. The molecule has 1 aliphatic heterocycles. The minimum Gasteiger partial charge on any atom is -0.497 e. The Hall–Kier alpha value is -2.03. The van der Waals surface area contributed by atoms with Gasteiger partial charge in [0, 0.05) is 19.6 Å². The fourth-order valence-electron chi connectivity index (χ4n) is 2.78. The predicted octanol–water partition coefficient (Wildman–Crippen LogP) is 4.96. The molecular weight excluding hydrogens is 318 g/mol. The van der Waals surface area contributed by atoms with E-state index in [1.165, 1.54) is 16.7 Å². The molecule has 0 radical (unpaired) electrons. The Labute approximate surface area is 150 Å². The van der Waals surface area contributed by atoms with E-state index in [9.17, 15) is 0 Å². The van der Waals surface area contributed by atoms with Gasteiger partial charge in [-0.15, -0.1) is 12.4 Å². The van der Waals surface area contributed by atoms with Crippen LogP contribution in [0.1, 0.15) is 17.5 Å². The van der Waals surface area contributed by atoms with Crippen molar-refractivity contribution in [2.45, 2.75) is 13.0 Å². The van der Waals surface area contributed by atoms with Gasteiger partial charge in [0.2, 0.25) is 0 Å². The van der Waals surface area contributed by atoms with Crippen molar-refractivity contribution in [3.63, 3.8) is 0 Å². The molecule has 0 amide bonds. The van der Waals surface area contributed by atoms with E-state index < -0.39 is 0 Å². The maximum atomic E-state index is 5.18. The van der Waals surface area contributed by atoms with Gasteiger partial charge in [0.15, 0.2) is 0 Å². The third kappa shape index (κ3) is 5.26. The average Bonchev–Trinajstić information content (AvgIpc) is 2.62. The quantitative estimate of drug-likeness (QED) is 0.762. The molecule has 0 unspecified atom stereocenters. The van der Waals surface area contributed by atoms with Gasteiger partial charge in [-0.25, -0.2) is 0 Å². The van der Waals surface area contributed by atoms with E-state index in [1.54, 1.807) is 7.11 Å². The summed E-state index contributed by atoms with van der Waals surface area (Å²) in [6, 6.07) is 18.8. The monoisotopic (exact) mass is 341 g/mol. The molecule has 0 atom stereocenters. The zero-order chi connectivity index (χ0) is 15.9. The van der Waals surface area contributed by atoms with Gasteiger partial charge in [-0.05, 0) is 35.3 Å². The minimum atomic E-state index is 0. The van der Waals surface area contributed by atoms with Gasteiger partial charge in [0.1, 0.15) is 5.75 Å². The number of rotatable bonds is 5. The number of benzene rings is 2. The summed E-state index contributed by atoms with van der Waals surface area (Å²) in [4.78, 5) is 2.49. The minimum absolute atomic E-state index is 0. The molecule has 1 aliphatic rings. The van der Waals surface area contributed by atoms with Gasteiger partial charge in [-0.1, -0.05) is 60.7 Å². The molecule has 3 heteroatoms. The standard InChI is InChI=1S/C21H23NO.ClH/c1-23-21-11-9-18(10-12-21)7-8-19-13-15-22(16-14-19)17-20-5-3-2-4-6-20;/h2-13H,14-17H2,1H3;1H/b8-7+;. The number of halogens is 1. The van der Waals surface area contributed by atoms with E-state index in [-0.39, 0.29) is 12.4 Å². The summed E-state index contributed by atoms with van der Waals surface area (Å²) in [6.07, 6.45) is 7.87. The van der Waals surface area contributed by atoms with Crippen LogP contribution in [-0.4, -0.2) is 25.1 Å². The van der Waals surface area contributed by atoms with Crippen LogP contribution >= 0.6 is 12.4 Å². The van der Waals surface area contributed by atoms with E-state index in [2.05, 4.69) is 65.6 Å². The summed E-state index contributed by atoms with van der Waals surface area (Å²) < 4.78 is 5.18. The van der Waals surface area contributed by atoms with Crippen LogP contribution in [0, 0.1) is 0 Å². The Morgan fingerprint density at radius 3 is 2.38 bits per heavy atom. The second-order valence-electron chi connectivity index (χ2n) is 5.86. The highest BCUT2D eigenvalue weighted by molar-refractivity contribution is 5.85. The highest BCUT2D eigenvalue weighted by atomic mass is 35.5. The molecule has 2 aromatic carbocycles. The van der Waals surface area contributed by atoms with Crippen LogP contribution in [0.5, 0.6) is 5.75 Å². The van der Waals surface area contributed by atoms with Crippen LogP contribution in [0.3, 0.4) is 0 Å². The predicted molar refractivity (Wildman–Crippen MR) is 104 cm³/mol. The van der Waals surface area contributed by atoms with Crippen molar-refractivity contribution < 1.29 is 4.74 Å². The molecule has 0 bridgehead atoms. The second kappa shape index (κ2) is 9.31. The highest BCUT2D eigenvalue weighted by Crippen LogP contribution is 2.17. The molecule has 24 heavy (non-hydrogen) atoms. The lowest BCUT2D eigenvalue weighted by atomic mass is 10.1. The molecule has 126 valence electrons. The number of hydrogen-bond acceptors (Lipinski definition) is 2. The lowest BCUT2D eigenvalue weighted by Crippen LogP contribution is -2.27. The molecular formula is C21H24ClNO. The highest BCUT2D eigenvalue weighted by Gasteiger charge is 2.10.